The van der Waals surface area contributed by atoms with Crippen LogP contribution in [0.3, 0.4) is 0 Å². The summed E-state index contributed by atoms with van der Waals surface area (Å²) in [6.45, 7) is 0.898. The van der Waals surface area contributed by atoms with Gasteiger partial charge in [0.25, 0.3) is 0 Å². The molecule has 2 N–H and O–H groups in total. The fourth-order valence-corrected chi connectivity index (χ4v) is 2.00. The van der Waals surface area contributed by atoms with Gasteiger partial charge in [-0.15, -0.1) is 0 Å². The van der Waals surface area contributed by atoms with Crippen LogP contribution in [0.5, 0.6) is 0 Å². The first kappa shape index (κ1) is 11.3. The van der Waals surface area contributed by atoms with E-state index in [1.54, 1.807) is 4.90 Å². The molecule has 5 heteroatoms. The van der Waals surface area contributed by atoms with Crippen molar-refractivity contribution >= 4 is 5.82 Å². The molecule has 0 radical (unpaired) electrons. The summed E-state index contributed by atoms with van der Waals surface area (Å²) in [6.07, 6.45) is 1.55. The van der Waals surface area contributed by atoms with Crippen molar-refractivity contribution in [3.05, 3.63) is 24.1 Å². The first-order valence-corrected chi connectivity index (χ1v) is 5.36. The third-order valence-corrected chi connectivity index (χ3v) is 2.99. The number of nitrogens with zero attached hydrogens (tertiary/aromatic N) is 2. The summed E-state index contributed by atoms with van der Waals surface area (Å²) in [6, 6.07) is 2.89. The highest BCUT2D eigenvalue weighted by Crippen LogP contribution is 2.23. The summed E-state index contributed by atoms with van der Waals surface area (Å²) in [4.78, 5) is 5.68. The van der Waals surface area contributed by atoms with Crippen molar-refractivity contribution in [2.45, 2.75) is 12.5 Å². The van der Waals surface area contributed by atoms with E-state index in [1.165, 1.54) is 18.3 Å². The van der Waals surface area contributed by atoms with Gasteiger partial charge in [-0.2, -0.15) is 0 Å². The molecule has 0 aliphatic carbocycles. The fraction of sp³-hybridized carbons (Fsp3) is 0.545. The Morgan fingerprint density at radius 3 is 3.00 bits per heavy atom. The van der Waals surface area contributed by atoms with E-state index in [1.807, 2.05) is 0 Å². The molecule has 0 amide bonds. The molecule has 0 aromatic carbocycles. The molecular weight excluding hydrogens is 211 g/mol. The van der Waals surface area contributed by atoms with E-state index in [-0.39, 0.29) is 24.2 Å². The Morgan fingerprint density at radius 2 is 2.38 bits per heavy atom. The SMILES string of the molecule is OC[C@@H]1CCN(c2ncccc2F)C[C@H]1O. The number of aromatic nitrogens is 1. The minimum Gasteiger partial charge on any atom is -0.396 e. The second-order valence-electron chi connectivity index (χ2n) is 4.05. The number of piperidine rings is 1. The second kappa shape index (κ2) is 4.76. The summed E-state index contributed by atoms with van der Waals surface area (Å²) >= 11 is 0. The van der Waals surface area contributed by atoms with Gasteiger partial charge in [-0.3, -0.25) is 0 Å². The number of pyridine rings is 1. The summed E-state index contributed by atoms with van der Waals surface area (Å²) in [5.74, 6) is -0.210. The first-order valence-electron chi connectivity index (χ1n) is 5.36. The molecule has 0 saturated carbocycles. The van der Waals surface area contributed by atoms with Crippen LogP contribution in [0.1, 0.15) is 6.42 Å². The van der Waals surface area contributed by atoms with Crippen molar-refractivity contribution in [2.24, 2.45) is 5.92 Å². The maximum Gasteiger partial charge on any atom is 0.165 e. The monoisotopic (exact) mass is 226 g/mol. The van der Waals surface area contributed by atoms with Crippen LogP contribution in [-0.2, 0) is 0 Å². The summed E-state index contributed by atoms with van der Waals surface area (Å²) in [5, 5.41) is 18.7. The van der Waals surface area contributed by atoms with Crippen molar-refractivity contribution in [1.29, 1.82) is 0 Å². The zero-order valence-corrected chi connectivity index (χ0v) is 8.88. The maximum atomic E-state index is 13.4. The molecule has 1 fully saturated rings. The molecule has 1 aliphatic heterocycles. The van der Waals surface area contributed by atoms with Gasteiger partial charge in [0, 0.05) is 31.8 Å². The number of hydrogen-bond donors (Lipinski definition) is 2. The highest BCUT2D eigenvalue weighted by atomic mass is 19.1. The highest BCUT2D eigenvalue weighted by Gasteiger charge is 2.28. The van der Waals surface area contributed by atoms with Crippen molar-refractivity contribution in [3.8, 4) is 0 Å². The molecule has 1 aromatic heterocycles. The van der Waals surface area contributed by atoms with E-state index >= 15 is 0 Å². The number of halogens is 1. The molecular formula is C11H15FN2O2. The lowest BCUT2D eigenvalue weighted by Crippen LogP contribution is -2.45. The molecule has 2 atom stereocenters. The van der Waals surface area contributed by atoms with Crippen LogP contribution in [0.15, 0.2) is 18.3 Å². The van der Waals surface area contributed by atoms with Gasteiger partial charge in [0.05, 0.1) is 6.10 Å². The van der Waals surface area contributed by atoms with Crippen LogP contribution in [-0.4, -0.2) is 41.0 Å². The Bertz CT molecular complexity index is 362. The molecule has 1 saturated heterocycles. The van der Waals surface area contributed by atoms with E-state index in [2.05, 4.69) is 4.98 Å². The third-order valence-electron chi connectivity index (χ3n) is 2.99. The Kier molecular flexibility index (Phi) is 3.36. The van der Waals surface area contributed by atoms with Crippen LogP contribution < -0.4 is 4.90 Å². The van der Waals surface area contributed by atoms with Crippen molar-refractivity contribution in [1.82, 2.24) is 4.98 Å². The first-order chi connectivity index (χ1) is 7.72. The minimum absolute atomic E-state index is 0.0281. The van der Waals surface area contributed by atoms with Gasteiger partial charge in [0.1, 0.15) is 0 Å². The molecule has 0 spiro atoms. The van der Waals surface area contributed by atoms with E-state index in [4.69, 9.17) is 5.11 Å². The predicted octanol–water partition coefficient (Wildman–Crippen LogP) is 0.400. The molecule has 0 unspecified atom stereocenters. The van der Waals surface area contributed by atoms with Crippen molar-refractivity contribution < 1.29 is 14.6 Å². The van der Waals surface area contributed by atoms with E-state index in [0.717, 1.165) is 0 Å². The minimum atomic E-state index is -0.625. The van der Waals surface area contributed by atoms with Gasteiger partial charge < -0.3 is 15.1 Å². The number of β-amino-alcohol motifs (C(OH)–C–C–N with tert-alkyl or cyclic N) is 1. The fourth-order valence-electron chi connectivity index (χ4n) is 2.00. The van der Waals surface area contributed by atoms with Gasteiger partial charge in [-0.1, -0.05) is 0 Å². The van der Waals surface area contributed by atoms with Crippen LogP contribution in [0.25, 0.3) is 0 Å². The average Bonchev–Trinajstić information content (AvgIpc) is 2.29. The van der Waals surface area contributed by atoms with Crippen LogP contribution >= 0.6 is 0 Å². The lowest BCUT2D eigenvalue weighted by Gasteiger charge is -2.35. The predicted molar refractivity (Wildman–Crippen MR) is 57.6 cm³/mol. The maximum absolute atomic E-state index is 13.4. The van der Waals surface area contributed by atoms with Gasteiger partial charge in [-0.25, -0.2) is 9.37 Å². The largest absolute Gasteiger partial charge is 0.396 e. The van der Waals surface area contributed by atoms with Gasteiger partial charge >= 0.3 is 0 Å². The molecule has 4 nitrogen and oxygen atoms in total. The van der Waals surface area contributed by atoms with Crippen LogP contribution in [0.4, 0.5) is 10.2 Å². The average molecular weight is 226 g/mol. The van der Waals surface area contributed by atoms with Crippen LogP contribution in [0, 0.1) is 11.7 Å². The van der Waals surface area contributed by atoms with Gasteiger partial charge in [0.2, 0.25) is 0 Å². The second-order valence-corrected chi connectivity index (χ2v) is 4.05. The highest BCUT2D eigenvalue weighted by molar-refractivity contribution is 5.40. The number of hydrogen-bond acceptors (Lipinski definition) is 4. The number of aliphatic hydroxyl groups excluding tert-OH is 2. The normalized spacial score (nSPS) is 25.8. The molecule has 1 aromatic rings. The summed E-state index contributed by atoms with van der Waals surface area (Å²) < 4.78 is 13.4. The number of aliphatic hydroxyl groups is 2. The molecule has 2 heterocycles. The van der Waals surface area contributed by atoms with E-state index < -0.39 is 6.10 Å². The molecule has 1 aliphatic rings. The molecule has 2 rings (SSSR count). The Labute approximate surface area is 93.3 Å². The molecule has 16 heavy (non-hydrogen) atoms. The Hall–Kier alpha value is -1.20. The van der Waals surface area contributed by atoms with Crippen LogP contribution in [0.2, 0.25) is 0 Å². The number of anilines is 1. The van der Waals surface area contributed by atoms with E-state index in [0.29, 0.717) is 19.5 Å². The zero-order valence-electron chi connectivity index (χ0n) is 8.88. The lowest BCUT2D eigenvalue weighted by atomic mass is 9.95. The smallest absolute Gasteiger partial charge is 0.165 e. The number of rotatable bonds is 2. The van der Waals surface area contributed by atoms with Gasteiger partial charge in [-0.05, 0) is 18.6 Å². The van der Waals surface area contributed by atoms with Crippen molar-refractivity contribution in [2.75, 3.05) is 24.6 Å². The van der Waals surface area contributed by atoms with Gasteiger partial charge in [0.15, 0.2) is 11.6 Å². The standard InChI is InChI=1S/C11H15FN2O2/c12-9-2-1-4-13-11(9)14-5-3-8(7-15)10(16)6-14/h1-2,4,8,10,15-16H,3,5-7H2/t8-,10+/m0/s1. The lowest BCUT2D eigenvalue weighted by molar-refractivity contribution is 0.0544. The third kappa shape index (κ3) is 2.15. The Balaban J connectivity index is 2.11. The molecule has 88 valence electrons. The topological polar surface area (TPSA) is 56.6 Å². The molecule has 0 bridgehead atoms. The quantitative estimate of drug-likeness (QED) is 0.766. The van der Waals surface area contributed by atoms with Crippen molar-refractivity contribution in [3.63, 3.8) is 0 Å². The Morgan fingerprint density at radius 1 is 1.56 bits per heavy atom. The summed E-state index contributed by atoms with van der Waals surface area (Å²) in [7, 11) is 0. The summed E-state index contributed by atoms with van der Waals surface area (Å²) in [5.41, 5.74) is 0. The van der Waals surface area contributed by atoms with E-state index in [9.17, 15) is 9.50 Å². The zero-order chi connectivity index (χ0) is 11.5.